The third-order valence-corrected chi connectivity index (χ3v) is 2.98. The van der Waals surface area contributed by atoms with Crippen molar-refractivity contribution < 1.29 is 9.53 Å². The molecule has 0 aliphatic rings. The Bertz CT molecular complexity index is 670. The lowest BCUT2D eigenvalue weighted by Gasteiger charge is -2.19. The van der Waals surface area contributed by atoms with Crippen LogP contribution in [0.2, 0.25) is 5.02 Å². The normalized spacial score (nSPS) is 11.4. The van der Waals surface area contributed by atoms with Crippen molar-refractivity contribution in [1.82, 2.24) is 10.2 Å². The Kier molecular flexibility index (Phi) is 4.15. The minimum Gasteiger partial charge on any atom is -0.444 e. The Morgan fingerprint density at radius 1 is 1.30 bits per heavy atom. The van der Waals surface area contributed by atoms with Gasteiger partial charge in [0.25, 0.3) is 0 Å². The number of hydrogen-bond acceptors (Lipinski definition) is 4. The molecule has 2 rings (SSSR count). The summed E-state index contributed by atoms with van der Waals surface area (Å²) < 4.78 is 5.97. The van der Waals surface area contributed by atoms with Gasteiger partial charge in [-0.1, -0.05) is 27.5 Å². The topological polar surface area (TPSA) is 64.1 Å². The van der Waals surface area contributed by atoms with Crippen LogP contribution >= 0.6 is 27.5 Å². The van der Waals surface area contributed by atoms with Gasteiger partial charge in [0.1, 0.15) is 11.1 Å². The molecule has 1 amide bonds. The predicted molar refractivity (Wildman–Crippen MR) is 82.1 cm³/mol. The maximum absolute atomic E-state index is 11.7. The third-order valence-electron chi connectivity index (χ3n) is 2.24. The standard InChI is InChI=1S/C13H13BrClN3O2/c1-13(2,3)20-12(19)16-10-5-7-4-8(14)6-9(15)11(7)18-17-10/h4-6H,1-3H3,(H,16,17,19). The van der Waals surface area contributed by atoms with Gasteiger partial charge in [-0.25, -0.2) is 4.79 Å². The maximum atomic E-state index is 11.7. The van der Waals surface area contributed by atoms with Gasteiger partial charge in [0, 0.05) is 9.86 Å². The average Bonchev–Trinajstić information content (AvgIpc) is 2.24. The van der Waals surface area contributed by atoms with Crippen LogP contribution in [0, 0.1) is 0 Å². The number of nitrogens with one attached hydrogen (secondary N) is 1. The monoisotopic (exact) mass is 357 g/mol. The summed E-state index contributed by atoms with van der Waals surface area (Å²) in [4.78, 5) is 11.7. The van der Waals surface area contributed by atoms with Crippen molar-refractivity contribution in [3.8, 4) is 0 Å². The van der Waals surface area contributed by atoms with E-state index in [9.17, 15) is 4.79 Å². The highest BCUT2D eigenvalue weighted by Gasteiger charge is 2.17. The van der Waals surface area contributed by atoms with E-state index >= 15 is 0 Å². The number of ether oxygens (including phenoxy) is 1. The van der Waals surface area contributed by atoms with Crippen LogP contribution in [0.1, 0.15) is 20.8 Å². The number of benzene rings is 1. The molecular formula is C13H13BrClN3O2. The van der Waals surface area contributed by atoms with Crippen LogP contribution in [0.4, 0.5) is 10.6 Å². The lowest BCUT2D eigenvalue weighted by atomic mass is 10.2. The lowest BCUT2D eigenvalue weighted by molar-refractivity contribution is 0.0635. The van der Waals surface area contributed by atoms with Gasteiger partial charge in [-0.3, -0.25) is 5.32 Å². The number of halogens is 2. The van der Waals surface area contributed by atoms with Crippen LogP contribution in [0.3, 0.4) is 0 Å². The predicted octanol–water partition coefficient (Wildman–Crippen LogP) is 4.39. The van der Waals surface area contributed by atoms with Gasteiger partial charge in [0.05, 0.1) is 5.02 Å². The van der Waals surface area contributed by atoms with E-state index in [1.54, 1.807) is 32.9 Å². The molecule has 5 nitrogen and oxygen atoms in total. The van der Waals surface area contributed by atoms with E-state index in [0.717, 1.165) is 9.86 Å². The maximum Gasteiger partial charge on any atom is 0.413 e. The smallest absolute Gasteiger partial charge is 0.413 e. The lowest BCUT2D eigenvalue weighted by Crippen LogP contribution is -2.27. The van der Waals surface area contributed by atoms with Crippen molar-refractivity contribution in [2.45, 2.75) is 26.4 Å². The summed E-state index contributed by atoms with van der Waals surface area (Å²) >= 11 is 9.42. The average molecular weight is 359 g/mol. The Morgan fingerprint density at radius 3 is 2.65 bits per heavy atom. The molecule has 106 valence electrons. The van der Waals surface area contributed by atoms with Crippen LogP contribution in [0.25, 0.3) is 10.9 Å². The quantitative estimate of drug-likeness (QED) is 0.821. The van der Waals surface area contributed by atoms with E-state index < -0.39 is 11.7 Å². The van der Waals surface area contributed by atoms with Crippen LogP contribution < -0.4 is 5.32 Å². The molecular weight excluding hydrogens is 346 g/mol. The van der Waals surface area contributed by atoms with E-state index in [-0.39, 0.29) is 0 Å². The molecule has 0 aliphatic heterocycles. The number of hydrogen-bond donors (Lipinski definition) is 1. The van der Waals surface area contributed by atoms with Crippen LogP contribution in [-0.4, -0.2) is 21.9 Å². The zero-order valence-electron chi connectivity index (χ0n) is 11.2. The number of carbonyl (C=O) groups is 1. The molecule has 0 spiro atoms. The first kappa shape index (κ1) is 15.0. The van der Waals surface area contributed by atoms with E-state index in [4.69, 9.17) is 16.3 Å². The van der Waals surface area contributed by atoms with E-state index in [0.29, 0.717) is 16.4 Å². The second-order valence-corrected chi connectivity index (χ2v) is 6.50. The van der Waals surface area contributed by atoms with Gasteiger partial charge in [0.15, 0.2) is 5.82 Å². The minimum atomic E-state index is -0.577. The molecule has 0 saturated heterocycles. The molecule has 1 heterocycles. The molecule has 1 aromatic carbocycles. The summed E-state index contributed by atoms with van der Waals surface area (Å²) in [7, 11) is 0. The number of nitrogens with zero attached hydrogens (tertiary/aromatic N) is 2. The molecule has 1 N–H and O–H groups in total. The first-order chi connectivity index (χ1) is 9.24. The molecule has 0 unspecified atom stereocenters. The Labute approximate surface area is 129 Å². The number of aromatic nitrogens is 2. The minimum absolute atomic E-state index is 0.306. The summed E-state index contributed by atoms with van der Waals surface area (Å²) in [5, 5.41) is 11.7. The highest BCUT2D eigenvalue weighted by atomic mass is 79.9. The van der Waals surface area contributed by atoms with E-state index in [1.165, 1.54) is 0 Å². The highest BCUT2D eigenvalue weighted by molar-refractivity contribution is 9.10. The van der Waals surface area contributed by atoms with Crippen molar-refractivity contribution in [2.24, 2.45) is 0 Å². The first-order valence-electron chi connectivity index (χ1n) is 5.87. The zero-order valence-corrected chi connectivity index (χ0v) is 13.5. The van der Waals surface area contributed by atoms with Crippen molar-refractivity contribution in [2.75, 3.05) is 5.32 Å². The molecule has 0 atom stereocenters. The molecule has 0 aliphatic carbocycles. The molecule has 0 bridgehead atoms. The third kappa shape index (κ3) is 3.80. The van der Waals surface area contributed by atoms with Crippen molar-refractivity contribution in [1.29, 1.82) is 0 Å². The molecule has 2 aromatic rings. The second-order valence-electron chi connectivity index (χ2n) is 5.18. The SMILES string of the molecule is CC(C)(C)OC(=O)Nc1cc2cc(Br)cc(Cl)c2nn1. The molecule has 0 radical (unpaired) electrons. The van der Waals surface area contributed by atoms with Crippen LogP contribution in [0.15, 0.2) is 22.7 Å². The summed E-state index contributed by atoms with van der Waals surface area (Å²) in [5.41, 5.74) is 0.00496. The van der Waals surface area contributed by atoms with Crippen molar-refractivity contribution >= 4 is 50.3 Å². The summed E-state index contributed by atoms with van der Waals surface area (Å²) in [6.45, 7) is 5.36. The van der Waals surface area contributed by atoms with E-state index in [1.807, 2.05) is 6.07 Å². The summed E-state index contributed by atoms with van der Waals surface area (Å²) in [6, 6.07) is 5.26. The van der Waals surface area contributed by atoms with Gasteiger partial charge in [0.2, 0.25) is 0 Å². The largest absolute Gasteiger partial charge is 0.444 e. The molecule has 7 heteroatoms. The molecule has 0 fully saturated rings. The molecule has 1 aromatic heterocycles. The molecule has 20 heavy (non-hydrogen) atoms. The Balaban J connectivity index is 2.26. The number of carbonyl (C=O) groups excluding carboxylic acids is 1. The number of rotatable bonds is 1. The fourth-order valence-electron chi connectivity index (χ4n) is 1.55. The zero-order chi connectivity index (χ0) is 14.9. The van der Waals surface area contributed by atoms with Gasteiger partial charge in [-0.2, -0.15) is 0 Å². The summed E-state index contributed by atoms with van der Waals surface area (Å²) in [6.07, 6.45) is -0.577. The fraction of sp³-hybridized carbons (Fsp3) is 0.308. The number of amides is 1. The van der Waals surface area contributed by atoms with Crippen molar-refractivity contribution in [3.05, 3.63) is 27.7 Å². The highest BCUT2D eigenvalue weighted by Crippen LogP contribution is 2.27. The van der Waals surface area contributed by atoms with Crippen molar-refractivity contribution in [3.63, 3.8) is 0 Å². The number of anilines is 1. The van der Waals surface area contributed by atoms with Crippen LogP contribution in [0.5, 0.6) is 0 Å². The van der Waals surface area contributed by atoms with Gasteiger partial charge in [-0.15, -0.1) is 10.2 Å². The van der Waals surface area contributed by atoms with E-state index in [2.05, 4.69) is 31.4 Å². The van der Waals surface area contributed by atoms with Gasteiger partial charge < -0.3 is 4.74 Å². The van der Waals surface area contributed by atoms with Crippen LogP contribution in [-0.2, 0) is 4.74 Å². The molecule has 0 saturated carbocycles. The number of fused-ring (bicyclic) bond motifs is 1. The fourth-order valence-corrected chi connectivity index (χ4v) is 2.42. The first-order valence-corrected chi connectivity index (χ1v) is 7.04. The second kappa shape index (κ2) is 5.54. The Hall–Kier alpha value is -1.40. The van der Waals surface area contributed by atoms with Gasteiger partial charge in [-0.05, 0) is 39.0 Å². The Morgan fingerprint density at radius 2 is 2.00 bits per heavy atom. The summed E-state index contributed by atoms with van der Waals surface area (Å²) in [5.74, 6) is 0.306. The van der Waals surface area contributed by atoms with Gasteiger partial charge >= 0.3 is 6.09 Å².